The number of rotatable bonds is 5. The Labute approximate surface area is 197 Å². The van der Waals surface area contributed by atoms with Crippen molar-refractivity contribution in [3.8, 4) is 0 Å². The Hall–Kier alpha value is -3.10. The van der Waals surface area contributed by atoms with Gasteiger partial charge in [0.2, 0.25) is 0 Å². The number of hydrazone groups is 1. The summed E-state index contributed by atoms with van der Waals surface area (Å²) in [6, 6.07) is 11.7. The number of hydrogen-bond donors (Lipinski definition) is 2. The van der Waals surface area contributed by atoms with Gasteiger partial charge in [0.25, 0.3) is 15.9 Å². The lowest BCUT2D eigenvalue weighted by Gasteiger charge is -2.14. The molecule has 0 radical (unpaired) electrons. The summed E-state index contributed by atoms with van der Waals surface area (Å²) in [5.74, 6) is 0.433. The SMILES string of the molecule is Cc1ccc(S(=O)(=O)N/N=C2\CCCc3oc(C(=O)Nc4ccc(Cl)cc4C)c(C)c32)cc1. The molecule has 1 heterocycles. The molecule has 0 aliphatic heterocycles. The fraction of sp³-hybridized carbons (Fsp3) is 0.250. The molecule has 1 aliphatic rings. The van der Waals surface area contributed by atoms with Gasteiger partial charge in [-0.05, 0) is 69.5 Å². The highest BCUT2D eigenvalue weighted by molar-refractivity contribution is 7.89. The topological polar surface area (TPSA) is 101 Å². The van der Waals surface area contributed by atoms with E-state index in [4.69, 9.17) is 16.0 Å². The number of nitrogens with one attached hydrogen (secondary N) is 2. The van der Waals surface area contributed by atoms with Crippen LogP contribution in [0.5, 0.6) is 0 Å². The molecule has 1 aliphatic carbocycles. The average Bonchev–Trinajstić information content (AvgIpc) is 3.12. The summed E-state index contributed by atoms with van der Waals surface area (Å²) in [5.41, 5.74) is 4.30. The summed E-state index contributed by atoms with van der Waals surface area (Å²) >= 11 is 5.99. The maximum atomic E-state index is 12.9. The molecule has 0 bridgehead atoms. The standard InChI is InChI=1S/C24H24ClN3O4S/c1-14-7-10-18(11-8-14)33(30,31)28-27-20-5-4-6-21-22(20)16(3)23(32-21)24(29)26-19-12-9-17(25)13-15(19)2/h7-13,28H,4-6H2,1-3H3,(H,26,29)/b27-20+. The second-order valence-corrected chi connectivity index (χ2v) is 10.2. The Kier molecular flexibility index (Phi) is 6.32. The first-order valence-corrected chi connectivity index (χ1v) is 12.4. The van der Waals surface area contributed by atoms with Crippen molar-refractivity contribution < 1.29 is 17.6 Å². The lowest BCUT2D eigenvalue weighted by Crippen LogP contribution is -2.22. The van der Waals surface area contributed by atoms with E-state index in [-0.39, 0.29) is 16.6 Å². The van der Waals surface area contributed by atoms with Gasteiger partial charge >= 0.3 is 0 Å². The van der Waals surface area contributed by atoms with Gasteiger partial charge in [0, 0.05) is 28.3 Å². The van der Waals surface area contributed by atoms with Crippen molar-refractivity contribution in [2.75, 3.05) is 5.32 Å². The van der Waals surface area contributed by atoms with Gasteiger partial charge in [0.15, 0.2) is 5.76 Å². The number of sulfonamides is 1. The molecule has 0 saturated heterocycles. The minimum absolute atomic E-state index is 0.135. The predicted molar refractivity (Wildman–Crippen MR) is 129 cm³/mol. The van der Waals surface area contributed by atoms with Crippen molar-refractivity contribution >= 4 is 38.9 Å². The lowest BCUT2D eigenvalue weighted by atomic mass is 9.93. The Balaban J connectivity index is 1.60. The number of carbonyl (C=O) groups excluding carboxylic acids is 1. The van der Waals surface area contributed by atoms with Gasteiger partial charge in [-0.1, -0.05) is 29.3 Å². The van der Waals surface area contributed by atoms with E-state index in [2.05, 4.69) is 15.2 Å². The number of furan rings is 1. The molecule has 2 N–H and O–H groups in total. The van der Waals surface area contributed by atoms with E-state index in [1.165, 1.54) is 12.1 Å². The number of amides is 1. The van der Waals surface area contributed by atoms with Crippen molar-refractivity contribution in [1.29, 1.82) is 0 Å². The van der Waals surface area contributed by atoms with Crippen LogP contribution >= 0.6 is 11.6 Å². The van der Waals surface area contributed by atoms with Gasteiger partial charge < -0.3 is 9.73 Å². The average molecular weight is 486 g/mol. The van der Waals surface area contributed by atoms with Crippen LogP contribution in [0.1, 0.15) is 51.4 Å². The summed E-state index contributed by atoms with van der Waals surface area (Å²) in [6.07, 6.45) is 1.96. The van der Waals surface area contributed by atoms with Crippen LogP contribution in [0.2, 0.25) is 5.02 Å². The van der Waals surface area contributed by atoms with Crippen LogP contribution in [0.3, 0.4) is 0 Å². The zero-order valence-corrected chi connectivity index (χ0v) is 20.1. The predicted octanol–water partition coefficient (Wildman–Crippen LogP) is 5.13. The third-order valence-electron chi connectivity index (χ3n) is 5.60. The Morgan fingerprint density at radius 2 is 1.79 bits per heavy atom. The second-order valence-electron chi connectivity index (χ2n) is 8.09. The summed E-state index contributed by atoms with van der Waals surface area (Å²) in [4.78, 5) is 15.4. The van der Waals surface area contributed by atoms with Crippen molar-refractivity contribution in [2.45, 2.75) is 44.9 Å². The summed E-state index contributed by atoms with van der Waals surface area (Å²) in [7, 11) is -3.81. The maximum absolute atomic E-state index is 12.9. The maximum Gasteiger partial charge on any atom is 0.291 e. The van der Waals surface area contributed by atoms with Crippen LogP contribution < -0.4 is 10.1 Å². The fourth-order valence-electron chi connectivity index (χ4n) is 3.83. The van der Waals surface area contributed by atoms with Crippen molar-refractivity contribution in [1.82, 2.24) is 4.83 Å². The van der Waals surface area contributed by atoms with Gasteiger partial charge in [0.05, 0.1) is 10.6 Å². The molecule has 3 aromatic rings. The zero-order chi connectivity index (χ0) is 23.8. The molecule has 0 spiro atoms. The molecule has 1 aromatic heterocycles. The molecular formula is C24H24ClN3O4S. The number of carbonyl (C=O) groups is 1. The third kappa shape index (κ3) is 4.82. The zero-order valence-electron chi connectivity index (χ0n) is 18.5. The van der Waals surface area contributed by atoms with E-state index in [1.54, 1.807) is 37.3 Å². The minimum Gasteiger partial charge on any atom is -0.455 e. The molecule has 4 rings (SSSR count). The molecule has 2 aromatic carbocycles. The lowest BCUT2D eigenvalue weighted by molar-refractivity contribution is 0.0994. The molecule has 1 amide bonds. The Morgan fingerprint density at radius 1 is 1.06 bits per heavy atom. The van der Waals surface area contributed by atoms with E-state index >= 15 is 0 Å². The largest absolute Gasteiger partial charge is 0.455 e. The number of aryl methyl sites for hydroxylation is 3. The molecule has 0 unspecified atom stereocenters. The number of benzene rings is 2. The highest BCUT2D eigenvalue weighted by atomic mass is 35.5. The van der Waals surface area contributed by atoms with Crippen LogP contribution in [0, 0.1) is 20.8 Å². The van der Waals surface area contributed by atoms with Crippen LogP contribution in [0.4, 0.5) is 5.69 Å². The normalized spacial score (nSPS) is 14.7. The second kappa shape index (κ2) is 9.03. The summed E-state index contributed by atoms with van der Waals surface area (Å²) in [6.45, 7) is 5.52. The quantitative estimate of drug-likeness (QED) is 0.489. The third-order valence-corrected chi connectivity index (χ3v) is 7.06. The molecule has 0 fully saturated rings. The summed E-state index contributed by atoms with van der Waals surface area (Å²) < 4.78 is 31.2. The van der Waals surface area contributed by atoms with E-state index in [9.17, 15) is 13.2 Å². The van der Waals surface area contributed by atoms with Gasteiger partial charge in [-0.3, -0.25) is 4.79 Å². The molecule has 172 valence electrons. The van der Waals surface area contributed by atoms with Crippen LogP contribution in [0.15, 0.2) is 56.9 Å². The summed E-state index contributed by atoms with van der Waals surface area (Å²) in [5, 5.41) is 7.65. The van der Waals surface area contributed by atoms with E-state index < -0.39 is 10.0 Å². The van der Waals surface area contributed by atoms with Crippen LogP contribution in [-0.2, 0) is 16.4 Å². The van der Waals surface area contributed by atoms with E-state index in [1.807, 2.05) is 13.8 Å². The highest BCUT2D eigenvalue weighted by Crippen LogP contribution is 2.31. The van der Waals surface area contributed by atoms with Crippen LogP contribution in [-0.4, -0.2) is 20.0 Å². The molecule has 0 atom stereocenters. The van der Waals surface area contributed by atoms with Gasteiger partial charge in [-0.2, -0.15) is 18.4 Å². The first-order valence-electron chi connectivity index (χ1n) is 10.5. The number of nitrogens with zero attached hydrogens (tertiary/aromatic N) is 1. The van der Waals surface area contributed by atoms with E-state index in [0.717, 1.165) is 17.5 Å². The van der Waals surface area contributed by atoms with E-state index in [0.29, 0.717) is 46.2 Å². The highest BCUT2D eigenvalue weighted by Gasteiger charge is 2.28. The molecule has 0 saturated carbocycles. The number of anilines is 1. The first kappa shape index (κ1) is 23.1. The van der Waals surface area contributed by atoms with Gasteiger partial charge in [-0.25, -0.2) is 0 Å². The van der Waals surface area contributed by atoms with Crippen molar-refractivity contribution in [2.24, 2.45) is 5.10 Å². The van der Waals surface area contributed by atoms with Gasteiger partial charge in [-0.15, -0.1) is 0 Å². The Bertz CT molecular complexity index is 1360. The molecule has 9 heteroatoms. The molecule has 7 nitrogen and oxygen atoms in total. The van der Waals surface area contributed by atoms with Crippen LogP contribution in [0.25, 0.3) is 0 Å². The molecular weight excluding hydrogens is 462 g/mol. The number of fused-ring (bicyclic) bond motifs is 1. The monoisotopic (exact) mass is 485 g/mol. The number of hydrogen-bond acceptors (Lipinski definition) is 5. The van der Waals surface area contributed by atoms with Gasteiger partial charge in [0.1, 0.15) is 5.76 Å². The van der Waals surface area contributed by atoms with Crippen molar-refractivity contribution in [3.63, 3.8) is 0 Å². The Morgan fingerprint density at radius 3 is 2.48 bits per heavy atom. The smallest absolute Gasteiger partial charge is 0.291 e. The van der Waals surface area contributed by atoms with Crippen molar-refractivity contribution in [3.05, 3.63) is 81.3 Å². The number of halogens is 1. The fourth-order valence-corrected chi connectivity index (χ4v) is 4.89. The molecule has 33 heavy (non-hydrogen) atoms. The minimum atomic E-state index is -3.81. The first-order chi connectivity index (χ1) is 15.7.